The molecule has 0 saturated heterocycles. The van der Waals surface area contributed by atoms with Crippen LogP contribution in [0.1, 0.15) is 24.2 Å². The molecular weight excluding hydrogens is 266 g/mol. The second-order valence-electron chi connectivity index (χ2n) is 4.99. The van der Waals surface area contributed by atoms with Gasteiger partial charge in [-0.25, -0.2) is 9.97 Å². The van der Waals surface area contributed by atoms with Crippen molar-refractivity contribution in [1.82, 2.24) is 14.5 Å². The van der Waals surface area contributed by atoms with E-state index in [1.165, 1.54) is 12.8 Å². The van der Waals surface area contributed by atoms with Crippen LogP contribution < -0.4 is 0 Å². The number of hydrogen-bond acceptors (Lipinski definition) is 3. The molecule has 0 bridgehead atoms. The van der Waals surface area contributed by atoms with E-state index in [1.54, 1.807) is 0 Å². The van der Waals surface area contributed by atoms with Gasteiger partial charge in [-0.3, -0.25) is 0 Å². The highest BCUT2D eigenvalue weighted by Crippen LogP contribution is 2.48. The quantitative estimate of drug-likeness (QED) is 0.805. The van der Waals surface area contributed by atoms with Gasteiger partial charge in [0, 0.05) is 17.5 Å². The summed E-state index contributed by atoms with van der Waals surface area (Å²) in [5, 5.41) is 0. The molecule has 0 amide bonds. The number of hydrogen-bond donors (Lipinski definition) is 0. The molecule has 96 valence electrons. The highest BCUT2D eigenvalue weighted by Gasteiger charge is 2.42. The lowest BCUT2D eigenvalue weighted by Crippen LogP contribution is -2.16. The summed E-state index contributed by atoms with van der Waals surface area (Å²) in [6.07, 6.45) is 6.64. The minimum Gasteiger partial charge on any atom is -0.310 e. The molecule has 0 aliphatic heterocycles. The summed E-state index contributed by atoms with van der Waals surface area (Å²) in [5.41, 5.74) is 3.07. The van der Waals surface area contributed by atoms with E-state index in [2.05, 4.69) is 26.9 Å². The summed E-state index contributed by atoms with van der Waals surface area (Å²) in [6.45, 7) is 3.01. The molecule has 2 aromatic rings. The van der Waals surface area contributed by atoms with E-state index >= 15 is 0 Å². The van der Waals surface area contributed by atoms with Gasteiger partial charge in [0.05, 0.1) is 5.88 Å². The molecule has 5 heteroatoms. The molecule has 1 aliphatic rings. The normalized spacial score (nSPS) is 17.3. The Labute approximate surface area is 116 Å². The average Bonchev–Trinajstić information content (AvgIpc) is 3.07. The van der Waals surface area contributed by atoms with E-state index in [-0.39, 0.29) is 0 Å². The molecule has 0 spiro atoms. The Morgan fingerprint density at radius 3 is 2.89 bits per heavy atom. The molecule has 0 unspecified atom stereocenters. The molecule has 2 aromatic heterocycles. The zero-order valence-corrected chi connectivity index (χ0v) is 12.2. The first-order valence-electron chi connectivity index (χ1n) is 6.10. The molecule has 3 nitrogen and oxygen atoms in total. The maximum absolute atomic E-state index is 6.02. The van der Waals surface area contributed by atoms with E-state index in [0.717, 1.165) is 29.1 Å². The van der Waals surface area contributed by atoms with Gasteiger partial charge in [0.1, 0.15) is 11.3 Å². The molecule has 1 aliphatic carbocycles. The molecule has 0 N–H and O–H groups in total. The first-order valence-corrected chi connectivity index (χ1v) is 7.86. The number of fused-ring (bicyclic) bond motifs is 1. The van der Waals surface area contributed by atoms with Gasteiger partial charge < -0.3 is 4.57 Å². The molecule has 2 heterocycles. The Bertz CT molecular complexity index is 589. The van der Waals surface area contributed by atoms with Crippen LogP contribution in [0.5, 0.6) is 0 Å². The Morgan fingerprint density at radius 1 is 1.50 bits per heavy atom. The van der Waals surface area contributed by atoms with Gasteiger partial charge in [0.15, 0.2) is 5.65 Å². The summed E-state index contributed by atoms with van der Waals surface area (Å²) >= 11 is 7.97. The molecule has 0 radical (unpaired) electrons. The van der Waals surface area contributed by atoms with Crippen LogP contribution in [0.15, 0.2) is 12.3 Å². The first kappa shape index (κ1) is 12.3. The number of pyridine rings is 1. The Balaban J connectivity index is 2.08. The summed E-state index contributed by atoms with van der Waals surface area (Å²) in [7, 11) is 0. The fraction of sp³-hybridized carbons (Fsp3) is 0.538. The van der Waals surface area contributed by atoms with Crippen LogP contribution in [0, 0.1) is 6.92 Å². The number of imidazole rings is 1. The molecule has 0 aromatic carbocycles. The van der Waals surface area contributed by atoms with Gasteiger partial charge in [-0.05, 0) is 37.7 Å². The predicted octanol–water partition coefficient (Wildman–Crippen LogP) is 3.37. The van der Waals surface area contributed by atoms with Crippen molar-refractivity contribution in [3.05, 3.63) is 23.7 Å². The number of halogens is 1. The van der Waals surface area contributed by atoms with Gasteiger partial charge in [-0.1, -0.05) is 0 Å². The van der Waals surface area contributed by atoms with Gasteiger partial charge in [0.2, 0.25) is 0 Å². The maximum Gasteiger partial charge on any atom is 0.160 e. The smallest absolute Gasteiger partial charge is 0.160 e. The Morgan fingerprint density at radius 2 is 2.28 bits per heavy atom. The van der Waals surface area contributed by atoms with Crippen molar-refractivity contribution < 1.29 is 0 Å². The molecular formula is C13H16ClN3S. The zero-order chi connectivity index (χ0) is 12.8. The van der Waals surface area contributed by atoms with Crippen LogP contribution in [0.4, 0.5) is 0 Å². The standard InChI is InChI=1S/C13H16ClN3S/c1-9-5-10-12(15-7-9)17(11(6-14)16-10)8-13(18-2)3-4-13/h5,7H,3-4,6,8H2,1-2H3. The van der Waals surface area contributed by atoms with E-state index in [0.29, 0.717) is 10.6 Å². The SMILES string of the molecule is CSC1(Cn2c(CCl)nc3cc(C)cnc32)CC1. The lowest BCUT2D eigenvalue weighted by molar-refractivity contribution is 0.650. The minimum atomic E-state index is 0.390. The summed E-state index contributed by atoms with van der Waals surface area (Å²) in [4.78, 5) is 9.13. The lowest BCUT2D eigenvalue weighted by Gasteiger charge is -2.14. The van der Waals surface area contributed by atoms with Crippen molar-refractivity contribution in [2.24, 2.45) is 0 Å². The lowest BCUT2D eigenvalue weighted by atomic mass is 10.3. The molecule has 1 saturated carbocycles. The second-order valence-corrected chi connectivity index (χ2v) is 6.53. The first-order chi connectivity index (χ1) is 8.67. The van der Waals surface area contributed by atoms with Crippen molar-refractivity contribution in [1.29, 1.82) is 0 Å². The van der Waals surface area contributed by atoms with Crippen LogP contribution in [0.2, 0.25) is 0 Å². The van der Waals surface area contributed by atoms with Crippen molar-refractivity contribution in [3.63, 3.8) is 0 Å². The van der Waals surface area contributed by atoms with Gasteiger partial charge in [-0.15, -0.1) is 11.6 Å². The maximum atomic E-state index is 6.02. The van der Waals surface area contributed by atoms with Crippen LogP contribution in [-0.4, -0.2) is 25.5 Å². The third-order valence-corrected chi connectivity index (χ3v) is 5.25. The topological polar surface area (TPSA) is 30.7 Å². The highest BCUT2D eigenvalue weighted by atomic mass is 35.5. The monoisotopic (exact) mass is 281 g/mol. The second kappa shape index (κ2) is 4.42. The average molecular weight is 282 g/mol. The summed E-state index contributed by atoms with van der Waals surface area (Å²) < 4.78 is 2.59. The summed E-state index contributed by atoms with van der Waals surface area (Å²) in [5.74, 6) is 1.38. The van der Waals surface area contributed by atoms with Crippen LogP contribution in [0.3, 0.4) is 0 Å². The van der Waals surface area contributed by atoms with Crippen molar-refractivity contribution in [2.75, 3.05) is 6.26 Å². The molecule has 18 heavy (non-hydrogen) atoms. The fourth-order valence-corrected chi connectivity index (χ4v) is 3.25. The van der Waals surface area contributed by atoms with Crippen molar-refractivity contribution in [3.8, 4) is 0 Å². The van der Waals surface area contributed by atoms with Crippen molar-refractivity contribution in [2.45, 2.75) is 36.9 Å². The molecule has 1 fully saturated rings. The highest BCUT2D eigenvalue weighted by molar-refractivity contribution is 8.00. The minimum absolute atomic E-state index is 0.390. The number of aromatic nitrogens is 3. The number of aryl methyl sites for hydroxylation is 1. The number of nitrogens with zero attached hydrogens (tertiary/aromatic N) is 3. The molecule has 3 rings (SSSR count). The zero-order valence-electron chi connectivity index (χ0n) is 10.6. The Hall–Kier alpha value is -0.740. The van der Waals surface area contributed by atoms with Crippen LogP contribution in [0.25, 0.3) is 11.2 Å². The van der Waals surface area contributed by atoms with Crippen LogP contribution in [-0.2, 0) is 12.4 Å². The fourth-order valence-electron chi connectivity index (χ4n) is 2.28. The van der Waals surface area contributed by atoms with E-state index in [9.17, 15) is 0 Å². The van der Waals surface area contributed by atoms with Crippen molar-refractivity contribution >= 4 is 34.5 Å². The Kier molecular flexibility index (Phi) is 3.02. The number of alkyl halides is 1. The number of thioether (sulfide) groups is 1. The van der Waals surface area contributed by atoms with E-state index in [1.807, 2.05) is 24.9 Å². The van der Waals surface area contributed by atoms with E-state index < -0.39 is 0 Å². The van der Waals surface area contributed by atoms with Gasteiger partial charge >= 0.3 is 0 Å². The predicted molar refractivity (Wildman–Crippen MR) is 77.3 cm³/mol. The van der Waals surface area contributed by atoms with Crippen LogP contribution >= 0.6 is 23.4 Å². The van der Waals surface area contributed by atoms with E-state index in [4.69, 9.17) is 11.6 Å². The third-order valence-electron chi connectivity index (χ3n) is 3.61. The van der Waals surface area contributed by atoms with Gasteiger partial charge in [0.25, 0.3) is 0 Å². The third kappa shape index (κ3) is 2.01. The molecule has 0 atom stereocenters. The van der Waals surface area contributed by atoms with Gasteiger partial charge in [-0.2, -0.15) is 11.8 Å². The largest absolute Gasteiger partial charge is 0.310 e. The number of rotatable bonds is 4. The summed E-state index contributed by atoms with van der Waals surface area (Å²) in [6, 6.07) is 2.08.